The molecule has 0 aliphatic rings. The summed E-state index contributed by atoms with van der Waals surface area (Å²) in [6, 6.07) is 9.22. The number of hydrogen-bond donors (Lipinski definition) is 1. The Morgan fingerprint density at radius 3 is 2.61 bits per heavy atom. The van der Waals surface area contributed by atoms with E-state index in [0.29, 0.717) is 31.2 Å². The number of methoxy groups -OCH3 is 2. The molecule has 2 rings (SSSR count). The number of alkyl carbamates (subject to hydrolysis) is 1. The lowest BCUT2D eigenvalue weighted by Crippen LogP contribution is -2.46. The molecule has 0 fully saturated rings. The molecule has 0 saturated carbocycles. The predicted molar refractivity (Wildman–Crippen MR) is 108 cm³/mol. The summed E-state index contributed by atoms with van der Waals surface area (Å²) in [7, 11) is 2.82. The van der Waals surface area contributed by atoms with Crippen LogP contribution >= 0.6 is 11.3 Å². The smallest absolute Gasteiger partial charge is 0.413 e. The number of hydrogen-bond acceptors (Lipinski definition) is 7. The number of likely N-dealkylation sites (N-methyl/N-ethyl adjacent to an activating group) is 1. The molecule has 1 aromatic heterocycles. The summed E-state index contributed by atoms with van der Waals surface area (Å²) in [5.74, 6) is 0.896. The quantitative estimate of drug-likeness (QED) is 0.688. The van der Waals surface area contributed by atoms with E-state index in [1.54, 1.807) is 25.4 Å². The highest BCUT2D eigenvalue weighted by Gasteiger charge is 2.22. The van der Waals surface area contributed by atoms with E-state index >= 15 is 0 Å². The number of nitrogens with one attached hydrogen (secondary N) is 1. The summed E-state index contributed by atoms with van der Waals surface area (Å²) >= 11 is 1.64. The molecule has 2 aromatic rings. The van der Waals surface area contributed by atoms with Crippen LogP contribution in [0.15, 0.2) is 35.7 Å². The first-order valence-electron chi connectivity index (χ1n) is 8.93. The predicted octanol–water partition coefficient (Wildman–Crippen LogP) is 3.43. The Morgan fingerprint density at radius 2 is 2.00 bits per heavy atom. The Hall–Kier alpha value is -2.58. The van der Waals surface area contributed by atoms with Crippen LogP contribution in [0.4, 0.5) is 4.79 Å². The van der Waals surface area contributed by atoms with Gasteiger partial charge in [-0.05, 0) is 42.6 Å². The average molecular weight is 407 g/mol. The second kappa shape index (κ2) is 10.7. The molecule has 1 N–H and O–H groups in total. The Balaban J connectivity index is 2.04. The largest absolute Gasteiger partial charge is 0.493 e. The third-order valence-electron chi connectivity index (χ3n) is 4.31. The van der Waals surface area contributed by atoms with Crippen molar-refractivity contribution in [1.29, 1.82) is 0 Å². The van der Waals surface area contributed by atoms with Crippen molar-refractivity contribution in [1.82, 2.24) is 10.2 Å². The highest BCUT2D eigenvalue weighted by Crippen LogP contribution is 2.30. The fourth-order valence-corrected chi connectivity index (χ4v) is 3.27. The second-order valence-corrected chi connectivity index (χ2v) is 7.11. The fourth-order valence-electron chi connectivity index (χ4n) is 2.65. The van der Waals surface area contributed by atoms with Crippen LogP contribution in [-0.4, -0.2) is 43.7 Å². The molecule has 0 unspecified atom stereocenters. The number of rotatable bonds is 9. The van der Waals surface area contributed by atoms with Gasteiger partial charge in [-0.2, -0.15) is 0 Å². The van der Waals surface area contributed by atoms with Gasteiger partial charge in [-0.25, -0.2) is 4.79 Å². The molecule has 2 amide bonds. The van der Waals surface area contributed by atoms with Crippen LogP contribution in [0, 0.1) is 0 Å². The molecule has 0 aliphatic heterocycles. The first kappa shape index (κ1) is 21.7. The van der Waals surface area contributed by atoms with E-state index in [4.69, 9.17) is 9.47 Å². The van der Waals surface area contributed by atoms with Crippen LogP contribution in [0.25, 0.3) is 0 Å². The summed E-state index contributed by atoms with van der Waals surface area (Å²) in [5.41, 5.74) is 0.972. The number of ether oxygens (including phenoxy) is 3. The summed E-state index contributed by atoms with van der Waals surface area (Å²) in [5, 5.41) is 4.22. The Labute approximate surface area is 169 Å². The maximum absolute atomic E-state index is 12.2. The third-order valence-corrected chi connectivity index (χ3v) is 5.16. The van der Waals surface area contributed by atoms with Gasteiger partial charge in [-0.15, -0.1) is 11.3 Å². The van der Waals surface area contributed by atoms with Gasteiger partial charge in [0.05, 0.1) is 20.3 Å². The Bertz CT molecular complexity index is 779. The standard InChI is InChI=1S/C20H26N2O5S/c1-5-22(14(2)19(23)21-20(24)26-4)12-15-8-9-17(18(11-15)25-3)27-13-16-7-6-10-28-16/h6-11,14H,5,12-13H2,1-4H3,(H,21,23,24)/t14-/m0/s1. The van der Waals surface area contributed by atoms with E-state index in [2.05, 4.69) is 10.1 Å². The number of carbonyl (C=O) groups excluding carboxylic acids is 2. The highest BCUT2D eigenvalue weighted by molar-refractivity contribution is 7.09. The summed E-state index contributed by atoms with van der Waals surface area (Å²) in [6.07, 6.45) is -0.762. The van der Waals surface area contributed by atoms with Gasteiger partial charge in [0, 0.05) is 11.4 Å². The number of benzene rings is 1. The van der Waals surface area contributed by atoms with E-state index in [1.165, 1.54) is 7.11 Å². The zero-order valence-electron chi connectivity index (χ0n) is 16.6. The van der Waals surface area contributed by atoms with Gasteiger partial charge in [0.25, 0.3) is 0 Å². The van der Waals surface area contributed by atoms with Crippen LogP contribution < -0.4 is 14.8 Å². The molecular formula is C20H26N2O5S. The summed E-state index contributed by atoms with van der Waals surface area (Å²) in [4.78, 5) is 26.5. The van der Waals surface area contributed by atoms with E-state index in [-0.39, 0.29) is 0 Å². The van der Waals surface area contributed by atoms with E-state index in [9.17, 15) is 9.59 Å². The molecule has 28 heavy (non-hydrogen) atoms. The molecule has 152 valence electrons. The van der Waals surface area contributed by atoms with E-state index < -0.39 is 18.0 Å². The van der Waals surface area contributed by atoms with E-state index in [0.717, 1.165) is 10.4 Å². The van der Waals surface area contributed by atoms with Crippen molar-refractivity contribution in [3.63, 3.8) is 0 Å². The molecule has 0 spiro atoms. The minimum atomic E-state index is -0.762. The lowest BCUT2D eigenvalue weighted by atomic mass is 10.1. The maximum Gasteiger partial charge on any atom is 0.413 e. The second-order valence-electron chi connectivity index (χ2n) is 6.07. The monoisotopic (exact) mass is 406 g/mol. The third kappa shape index (κ3) is 5.97. The van der Waals surface area contributed by atoms with Gasteiger partial charge in [0.1, 0.15) is 6.61 Å². The molecule has 0 saturated heterocycles. The van der Waals surface area contributed by atoms with Crippen molar-refractivity contribution in [2.75, 3.05) is 20.8 Å². The molecule has 8 heteroatoms. The Morgan fingerprint density at radius 1 is 1.21 bits per heavy atom. The molecule has 1 atom stereocenters. The van der Waals surface area contributed by atoms with Gasteiger partial charge in [-0.1, -0.05) is 19.1 Å². The van der Waals surface area contributed by atoms with Crippen molar-refractivity contribution in [3.8, 4) is 11.5 Å². The first-order chi connectivity index (χ1) is 13.5. The molecule has 0 bridgehead atoms. The van der Waals surface area contributed by atoms with Gasteiger partial charge in [0.2, 0.25) is 5.91 Å². The lowest BCUT2D eigenvalue weighted by molar-refractivity contribution is -0.125. The van der Waals surface area contributed by atoms with Crippen molar-refractivity contribution in [2.45, 2.75) is 33.0 Å². The van der Waals surface area contributed by atoms with Crippen molar-refractivity contribution in [2.24, 2.45) is 0 Å². The SMILES string of the molecule is CCN(Cc1ccc(OCc2cccs2)c(OC)c1)[C@@H](C)C(=O)NC(=O)OC. The number of imide groups is 1. The number of thiophene rings is 1. The van der Waals surface area contributed by atoms with Gasteiger partial charge in [0.15, 0.2) is 11.5 Å². The zero-order chi connectivity index (χ0) is 20.5. The minimum absolute atomic E-state index is 0.406. The number of carbonyl (C=O) groups is 2. The van der Waals surface area contributed by atoms with Crippen molar-refractivity contribution >= 4 is 23.3 Å². The molecule has 7 nitrogen and oxygen atoms in total. The van der Waals surface area contributed by atoms with E-state index in [1.807, 2.05) is 47.5 Å². The number of amides is 2. The Kier molecular flexibility index (Phi) is 8.28. The average Bonchev–Trinajstić information content (AvgIpc) is 3.23. The summed E-state index contributed by atoms with van der Waals surface area (Å²) < 4.78 is 15.8. The summed E-state index contributed by atoms with van der Waals surface area (Å²) in [6.45, 7) is 5.34. The van der Waals surface area contributed by atoms with Crippen molar-refractivity contribution < 1.29 is 23.8 Å². The van der Waals surface area contributed by atoms with Crippen LogP contribution in [0.1, 0.15) is 24.3 Å². The van der Waals surface area contributed by atoms with Gasteiger partial charge >= 0.3 is 6.09 Å². The molecule has 1 heterocycles. The molecular weight excluding hydrogens is 380 g/mol. The van der Waals surface area contributed by atoms with Gasteiger partial charge in [-0.3, -0.25) is 15.0 Å². The highest BCUT2D eigenvalue weighted by atomic mass is 32.1. The normalized spacial score (nSPS) is 11.8. The topological polar surface area (TPSA) is 77.1 Å². The van der Waals surface area contributed by atoms with Crippen LogP contribution in [0.3, 0.4) is 0 Å². The lowest BCUT2D eigenvalue weighted by Gasteiger charge is -2.26. The van der Waals surface area contributed by atoms with Crippen LogP contribution in [0.5, 0.6) is 11.5 Å². The molecule has 1 aromatic carbocycles. The maximum atomic E-state index is 12.2. The van der Waals surface area contributed by atoms with Crippen LogP contribution in [0.2, 0.25) is 0 Å². The zero-order valence-corrected chi connectivity index (χ0v) is 17.4. The molecule has 0 aliphatic carbocycles. The van der Waals surface area contributed by atoms with Gasteiger partial charge < -0.3 is 14.2 Å². The minimum Gasteiger partial charge on any atom is -0.493 e. The fraction of sp³-hybridized carbons (Fsp3) is 0.400. The molecule has 0 radical (unpaired) electrons. The number of nitrogens with zero attached hydrogens (tertiary/aromatic N) is 1. The van der Waals surface area contributed by atoms with Crippen LogP contribution in [-0.2, 0) is 22.7 Å². The first-order valence-corrected chi connectivity index (χ1v) is 9.81. The van der Waals surface area contributed by atoms with Crippen molar-refractivity contribution in [3.05, 3.63) is 46.2 Å².